The van der Waals surface area contributed by atoms with Gasteiger partial charge in [0, 0.05) is 23.1 Å². The second kappa shape index (κ2) is 11.1. The van der Waals surface area contributed by atoms with Crippen LogP contribution in [0.2, 0.25) is 0 Å². The molecule has 2 aromatic carbocycles. The molecule has 0 atom stereocenters. The van der Waals surface area contributed by atoms with Crippen molar-refractivity contribution in [3.8, 4) is 11.5 Å². The smallest absolute Gasteiger partial charge is 0.414 e. The molecule has 0 saturated heterocycles. The van der Waals surface area contributed by atoms with Crippen molar-refractivity contribution in [2.24, 2.45) is 0 Å². The Labute approximate surface area is 159 Å². The number of benzene rings is 2. The van der Waals surface area contributed by atoms with Crippen molar-refractivity contribution in [3.05, 3.63) is 58.1 Å². The van der Waals surface area contributed by atoms with Gasteiger partial charge in [-0.1, -0.05) is 40.2 Å². The van der Waals surface area contributed by atoms with E-state index < -0.39 is 11.9 Å². The maximum absolute atomic E-state index is 9.10. The third-order valence-electron chi connectivity index (χ3n) is 3.23. The summed E-state index contributed by atoms with van der Waals surface area (Å²) in [6.45, 7) is 1.55. The molecule has 2 aromatic rings. The zero-order chi connectivity index (χ0) is 19.5. The minimum Gasteiger partial charge on any atom is -0.493 e. The predicted molar refractivity (Wildman–Crippen MR) is 99.5 cm³/mol. The molecule has 0 saturated carbocycles. The summed E-state index contributed by atoms with van der Waals surface area (Å²) in [7, 11) is 3.31. The molecule has 0 heterocycles. The zero-order valence-corrected chi connectivity index (χ0v) is 15.9. The first-order valence-corrected chi connectivity index (χ1v) is 8.29. The van der Waals surface area contributed by atoms with Gasteiger partial charge >= 0.3 is 11.9 Å². The number of carbonyl (C=O) groups is 2. The molecule has 0 radical (unpaired) electrons. The van der Waals surface area contributed by atoms with E-state index in [0.717, 1.165) is 34.6 Å². The topological polar surface area (TPSA) is 105 Å². The maximum atomic E-state index is 9.10. The number of carboxylic acids is 2. The van der Waals surface area contributed by atoms with Gasteiger partial charge in [0.15, 0.2) is 11.5 Å². The van der Waals surface area contributed by atoms with E-state index in [0.29, 0.717) is 0 Å². The van der Waals surface area contributed by atoms with E-state index in [1.54, 1.807) is 14.2 Å². The van der Waals surface area contributed by atoms with Gasteiger partial charge in [-0.15, -0.1) is 0 Å². The summed E-state index contributed by atoms with van der Waals surface area (Å²) in [4.78, 5) is 18.2. The van der Waals surface area contributed by atoms with Gasteiger partial charge in [-0.25, -0.2) is 9.59 Å². The highest BCUT2D eigenvalue weighted by Gasteiger charge is 2.08. The van der Waals surface area contributed by atoms with Gasteiger partial charge in [0.05, 0.1) is 14.2 Å². The number of aliphatic carboxylic acids is 2. The monoisotopic (exact) mass is 425 g/mol. The number of rotatable bonds is 6. The number of methoxy groups -OCH3 is 2. The van der Waals surface area contributed by atoms with Gasteiger partial charge in [-0.2, -0.15) is 0 Å². The van der Waals surface area contributed by atoms with Crippen LogP contribution in [0.3, 0.4) is 0 Å². The predicted octanol–water partition coefficient (Wildman–Crippen LogP) is 2.91. The van der Waals surface area contributed by atoms with E-state index in [4.69, 9.17) is 29.3 Å². The van der Waals surface area contributed by atoms with Crippen molar-refractivity contribution in [2.75, 3.05) is 14.2 Å². The van der Waals surface area contributed by atoms with Crippen LogP contribution in [-0.2, 0) is 22.7 Å². The lowest BCUT2D eigenvalue weighted by Crippen LogP contribution is -2.13. The number of hydrogen-bond donors (Lipinski definition) is 3. The van der Waals surface area contributed by atoms with E-state index in [-0.39, 0.29) is 0 Å². The highest BCUT2D eigenvalue weighted by molar-refractivity contribution is 9.10. The van der Waals surface area contributed by atoms with Crippen LogP contribution >= 0.6 is 15.9 Å². The van der Waals surface area contributed by atoms with E-state index in [1.165, 1.54) is 5.56 Å². The summed E-state index contributed by atoms with van der Waals surface area (Å²) in [6.07, 6.45) is 0. The van der Waals surface area contributed by atoms with Crippen LogP contribution in [0.15, 0.2) is 46.9 Å². The van der Waals surface area contributed by atoms with E-state index in [2.05, 4.69) is 33.4 Å². The molecule has 26 heavy (non-hydrogen) atoms. The van der Waals surface area contributed by atoms with Crippen molar-refractivity contribution < 1.29 is 29.3 Å². The number of hydrogen-bond acceptors (Lipinski definition) is 5. The quantitative estimate of drug-likeness (QED) is 0.610. The van der Waals surface area contributed by atoms with Crippen molar-refractivity contribution in [2.45, 2.75) is 13.1 Å². The Bertz CT molecular complexity index is 721. The standard InChI is InChI=1S/C16H18BrNO2.C2H2O4/c1-19-15-5-3-4-13(16(15)20-2)11-18-10-12-6-8-14(17)9-7-12;3-1(4)2(5)6/h3-9,18H,10-11H2,1-2H3;(H,3,4)(H,5,6). The van der Waals surface area contributed by atoms with Gasteiger partial charge in [-0.05, 0) is 23.8 Å². The zero-order valence-electron chi connectivity index (χ0n) is 14.4. The first-order valence-electron chi connectivity index (χ1n) is 7.50. The maximum Gasteiger partial charge on any atom is 0.414 e. The van der Waals surface area contributed by atoms with Crippen molar-refractivity contribution in [1.29, 1.82) is 0 Å². The lowest BCUT2D eigenvalue weighted by atomic mass is 10.1. The molecular weight excluding hydrogens is 406 g/mol. The van der Waals surface area contributed by atoms with E-state index in [9.17, 15) is 0 Å². The summed E-state index contributed by atoms with van der Waals surface area (Å²) in [5.74, 6) is -2.10. The largest absolute Gasteiger partial charge is 0.493 e. The Balaban J connectivity index is 0.000000487. The van der Waals surface area contributed by atoms with Gasteiger partial charge < -0.3 is 25.0 Å². The molecule has 2 rings (SSSR count). The minimum absolute atomic E-state index is 0.733. The Morgan fingerprint density at radius 2 is 1.58 bits per heavy atom. The van der Waals surface area contributed by atoms with Crippen LogP contribution in [0.1, 0.15) is 11.1 Å². The van der Waals surface area contributed by atoms with E-state index >= 15 is 0 Å². The van der Waals surface area contributed by atoms with Crippen molar-refractivity contribution in [3.63, 3.8) is 0 Å². The Morgan fingerprint density at radius 3 is 2.08 bits per heavy atom. The van der Waals surface area contributed by atoms with Gasteiger partial charge in [-0.3, -0.25) is 0 Å². The fraction of sp³-hybridized carbons (Fsp3) is 0.222. The van der Waals surface area contributed by atoms with E-state index in [1.807, 2.05) is 30.3 Å². The highest BCUT2D eigenvalue weighted by atomic mass is 79.9. The number of nitrogens with one attached hydrogen (secondary N) is 1. The third-order valence-corrected chi connectivity index (χ3v) is 3.75. The van der Waals surface area contributed by atoms with Crippen LogP contribution in [0, 0.1) is 0 Å². The molecule has 8 heteroatoms. The van der Waals surface area contributed by atoms with Crippen LogP contribution in [-0.4, -0.2) is 36.4 Å². The average molecular weight is 426 g/mol. The van der Waals surface area contributed by atoms with Crippen LogP contribution in [0.25, 0.3) is 0 Å². The molecule has 140 valence electrons. The number of para-hydroxylation sites is 1. The van der Waals surface area contributed by atoms with Crippen molar-refractivity contribution >= 4 is 27.9 Å². The number of halogens is 1. The van der Waals surface area contributed by atoms with Crippen molar-refractivity contribution in [1.82, 2.24) is 5.32 Å². The highest BCUT2D eigenvalue weighted by Crippen LogP contribution is 2.30. The molecule has 0 fully saturated rings. The number of ether oxygens (including phenoxy) is 2. The summed E-state index contributed by atoms with van der Waals surface area (Å²) in [5.41, 5.74) is 2.33. The Morgan fingerprint density at radius 1 is 0.962 bits per heavy atom. The fourth-order valence-corrected chi connectivity index (χ4v) is 2.30. The lowest BCUT2D eigenvalue weighted by molar-refractivity contribution is -0.159. The molecule has 0 aliphatic heterocycles. The molecule has 0 aliphatic rings. The fourth-order valence-electron chi connectivity index (χ4n) is 2.04. The molecule has 0 aromatic heterocycles. The molecule has 0 unspecified atom stereocenters. The van der Waals surface area contributed by atoms with Crippen LogP contribution in [0.5, 0.6) is 11.5 Å². The summed E-state index contributed by atoms with van der Waals surface area (Å²) < 4.78 is 11.8. The lowest BCUT2D eigenvalue weighted by Gasteiger charge is -2.13. The van der Waals surface area contributed by atoms with Gasteiger partial charge in [0.1, 0.15) is 0 Å². The Kier molecular flexibility index (Phi) is 9.18. The van der Waals surface area contributed by atoms with Crippen LogP contribution < -0.4 is 14.8 Å². The summed E-state index contributed by atoms with van der Waals surface area (Å²) in [5, 5.41) is 18.2. The average Bonchev–Trinajstić information content (AvgIpc) is 2.63. The first kappa shape index (κ1) is 21.5. The molecule has 0 aliphatic carbocycles. The molecule has 3 N–H and O–H groups in total. The molecule has 0 spiro atoms. The normalized spacial score (nSPS) is 9.65. The second-order valence-electron chi connectivity index (χ2n) is 4.99. The molecule has 0 bridgehead atoms. The number of carboxylic acid groups (broad SMARTS) is 2. The first-order chi connectivity index (χ1) is 12.4. The third kappa shape index (κ3) is 7.12. The summed E-state index contributed by atoms with van der Waals surface area (Å²) in [6, 6.07) is 14.2. The Hall–Kier alpha value is -2.58. The molecular formula is C18H20BrNO6. The SMILES string of the molecule is COc1cccc(CNCc2ccc(Br)cc2)c1OC.O=C(O)C(=O)O. The second-order valence-corrected chi connectivity index (χ2v) is 5.91. The van der Waals surface area contributed by atoms with Gasteiger partial charge in [0.25, 0.3) is 0 Å². The minimum atomic E-state index is -1.82. The van der Waals surface area contributed by atoms with Gasteiger partial charge in [0.2, 0.25) is 0 Å². The summed E-state index contributed by atoms with van der Waals surface area (Å²) >= 11 is 3.43. The molecule has 7 nitrogen and oxygen atoms in total. The van der Waals surface area contributed by atoms with Crippen LogP contribution in [0.4, 0.5) is 0 Å². The molecule has 0 amide bonds.